The number of carboxylic acids is 1. The van der Waals surface area contributed by atoms with Crippen LogP contribution in [-0.2, 0) is 11.2 Å². The molecule has 0 aliphatic rings. The van der Waals surface area contributed by atoms with Crippen molar-refractivity contribution in [2.45, 2.75) is 6.42 Å². The van der Waals surface area contributed by atoms with Crippen LogP contribution in [0.15, 0.2) is 48.5 Å². The molecule has 0 bridgehead atoms. The minimum atomic E-state index is -1.01. The van der Waals surface area contributed by atoms with Gasteiger partial charge >= 0.3 is 5.97 Å². The Morgan fingerprint density at radius 1 is 1.04 bits per heavy atom. The smallest absolute Gasteiger partial charge is 0.341 e. The molecule has 2 rings (SSSR count). The highest BCUT2D eigenvalue weighted by atomic mass is 35.5. The lowest BCUT2D eigenvalue weighted by atomic mass is 10.1. The van der Waals surface area contributed by atoms with Crippen LogP contribution in [0.1, 0.15) is 21.5 Å². The van der Waals surface area contributed by atoms with Gasteiger partial charge in [-0.1, -0.05) is 36.4 Å². The van der Waals surface area contributed by atoms with Crippen molar-refractivity contribution >= 4 is 30.0 Å². The van der Waals surface area contributed by atoms with E-state index in [1.807, 2.05) is 12.1 Å². The first-order valence-electron chi connectivity index (χ1n) is 8.07. The fraction of sp³-hybridized carbons (Fsp3) is 0.211. The maximum atomic E-state index is 12.1. The van der Waals surface area contributed by atoms with Gasteiger partial charge in [-0.3, -0.25) is 10.2 Å². The second-order valence-corrected chi connectivity index (χ2v) is 5.67. The molecule has 0 fully saturated rings. The molecule has 0 unspecified atom stereocenters. The number of aliphatic carboxylic acids is 1. The largest absolute Gasteiger partial charge is 0.482 e. The molecule has 0 heterocycles. The molecule has 0 spiro atoms. The predicted octanol–water partition coefficient (Wildman–Crippen LogP) is 1.87. The van der Waals surface area contributed by atoms with Crippen LogP contribution in [-0.4, -0.2) is 42.4 Å². The Morgan fingerprint density at radius 3 is 2.19 bits per heavy atom. The Hall–Kier alpha value is -2.90. The number of hydrogen-bond acceptors (Lipinski definition) is 5. The van der Waals surface area contributed by atoms with Gasteiger partial charge in [0.15, 0.2) is 12.4 Å². The quantitative estimate of drug-likeness (QED) is 0.212. The van der Waals surface area contributed by atoms with E-state index in [9.17, 15) is 9.59 Å². The molecule has 7 nitrogen and oxygen atoms in total. The zero-order chi connectivity index (χ0) is 18.9. The first kappa shape index (κ1) is 22.1. The lowest BCUT2D eigenvalue weighted by molar-refractivity contribution is -0.139. The molecule has 2 aromatic carbocycles. The molecular weight excluding hydrogens is 370 g/mol. The van der Waals surface area contributed by atoms with E-state index < -0.39 is 5.97 Å². The van der Waals surface area contributed by atoms with Crippen molar-refractivity contribution in [3.63, 3.8) is 0 Å². The van der Waals surface area contributed by atoms with Gasteiger partial charge in [-0.05, 0) is 30.7 Å². The molecule has 0 saturated carbocycles. The summed E-state index contributed by atoms with van der Waals surface area (Å²) in [5.74, 6) is -0.564. The summed E-state index contributed by atoms with van der Waals surface area (Å²) in [6, 6.07) is 13.8. The van der Waals surface area contributed by atoms with Crippen molar-refractivity contribution in [3.05, 3.63) is 65.2 Å². The van der Waals surface area contributed by atoms with Crippen molar-refractivity contribution in [1.82, 2.24) is 5.32 Å². The number of hydrogen-bond donors (Lipinski definition) is 4. The number of nitrogens with one attached hydrogen (secondary N) is 2. The summed E-state index contributed by atoms with van der Waals surface area (Å²) in [5.41, 5.74) is 7.60. The summed E-state index contributed by atoms with van der Waals surface area (Å²) in [6.45, 7) is 0.488. The third kappa shape index (κ3) is 7.47. The molecule has 2 aromatic rings. The van der Waals surface area contributed by atoms with Crippen LogP contribution < -0.4 is 15.8 Å². The van der Waals surface area contributed by atoms with Crippen molar-refractivity contribution < 1.29 is 19.4 Å². The number of Topliss-reactive ketones (excluding diaryl/α,β-unsaturated/α-hetero) is 1. The van der Waals surface area contributed by atoms with Crippen LogP contribution in [0, 0.1) is 5.41 Å². The van der Waals surface area contributed by atoms with Gasteiger partial charge < -0.3 is 20.9 Å². The fourth-order valence-corrected chi connectivity index (χ4v) is 2.27. The maximum Gasteiger partial charge on any atom is 0.341 e. The Labute approximate surface area is 163 Å². The third-order valence-corrected chi connectivity index (χ3v) is 3.68. The number of ether oxygens (including phenoxy) is 1. The molecule has 27 heavy (non-hydrogen) atoms. The third-order valence-electron chi connectivity index (χ3n) is 3.68. The summed E-state index contributed by atoms with van der Waals surface area (Å²) < 4.78 is 5.07. The average molecular weight is 392 g/mol. The lowest BCUT2D eigenvalue weighted by Crippen LogP contribution is -2.25. The highest BCUT2D eigenvalue weighted by Gasteiger charge is 2.06. The number of carbonyl (C=O) groups is 2. The summed E-state index contributed by atoms with van der Waals surface area (Å²) in [5, 5.41) is 19.0. The van der Waals surface area contributed by atoms with Crippen molar-refractivity contribution in [2.24, 2.45) is 5.73 Å². The number of carbonyl (C=O) groups excluding carboxylic acids is 1. The van der Waals surface area contributed by atoms with Crippen LogP contribution in [0.3, 0.4) is 0 Å². The van der Waals surface area contributed by atoms with E-state index in [-0.39, 0.29) is 37.2 Å². The van der Waals surface area contributed by atoms with Crippen LogP contribution in [0.5, 0.6) is 5.75 Å². The number of nitrogens with two attached hydrogens (primary N) is 1. The first-order valence-corrected chi connectivity index (χ1v) is 8.07. The SMILES string of the molecule is Cl.N=C(N)c1ccc(C(=O)CNCCc2ccc(OCC(=O)O)cc2)cc1. The lowest BCUT2D eigenvalue weighted by Gasteiger charge is -2.07. The Kier molecular flexibility index (Phi) is 8.98. The van der Waals surface area contributed by atoms with Crippen molar-refractivity contribution in [2.75, 3.05) is 19.7 Å². The number of benzene rings is 2. The number of carboxylic acid groups (broad SMARTS) is 1. The van der Waals surface area contributed by atoms with E-state index in [0.29, 0.717) is 23.4 Å². The van der Waals surface area contributed by atoms with Crippen molar-refractivity contribution in [3.8, 4) is 5.75 Å². The monoisotopic (exact) mass is 391 g/mol. The van der Waals surface area contributed by atoms with Gasteiger partial charge in [0.25, 0.3) is 0 Å². The van der Waals surface area contributed by atoms with E-state index in [4.69, 9.17) is 21.0 Å². The van der Waals surface area contributed by atoms with E-state index in [1.54, 1.807) is 36.4 Å². The number of halogens is 1. The van der Waals surface area contributed by atoms with Crippen LogP contribution in [0.2, 0.25) is 0 Å². The molecule has 0 aromatic heterocycles. The molecule has 0 atom stereocenters. The molecular formula is C19H22ClN3O4. The number of ketones is 1. The molecule has 0 aliphatic carbocycles. The van der Waals surface area contributed by atoms with Gasteiger partial charge in [-0.2, -0.15) is 0 Å². The number of nitrogen functional groups attached to an aromatic ring is 1. The van der Waals surface area contributed by atoms with E-state index in [1.165, 1.54) is 0 Å². The Bertz CT molecular complexity index is 777. The summed E-state index contributed by atoms with van der Waals surface area (Å²) >= 11 is 0. The second kappa shape index (κ2) is 10.9. The van der Waals surface area contributed by atoms with Gasteiger partial charge in [0.2, 0.25) is 0 Å². The molecule has 5 N–H and O–H groups in total. The van der Waals surface area contributed by atoms with Gasteiger partial charge in [-0.15, -0.1) is 12.4 Å². The molecule has 0 radical (unpaired) electrons. The normalized spacial score (nSPS) is 9.93. The first-order chi connectivity index (χ1) is 12.5. The second-order valence-electron chi connectivity index (χ2n) is 5.67. The minimum Gasteiger partial charge on any atom is -0.482 e. The highest BCUT2D eigenvalue weighted by molar-refractivity contribution is 5.99. The number of rotatable bonds is 10. The van der Waals surface area contributed by atoms with Crippen LogP contribution >= 0.6 is 12.4 Å². The van der Waals surface area contributed by atoms with Gasteiger partial charge in [0.1, 0.15) is 11.6 Å². The topological polar surface area (TPSA) is 126 Å². The molecule has 0 aliphatic heterocycles. The summed E-state index contributed by atoms with van der Waals surface area (Å²) in [6.07, 6.45) is 0.732. The van der Waals surface area contributed by atoms with E-state index in [2.05, 4.69) is 5.32 Å². The maximum absolute atomic E-state index is 12.1. The molecule has 144 valence electrons. The van der Waals surface area contributed by atoms with Gasteiger partial charge in [-0.25, -0.2) is 4.79 Å². The van der Waals surface area contributed by atoms with Crippen LogP contribution in [0.25, 0.3) is 0 Å². The molecule has 0 saturated heterocycles. The molecule has 8 heteroatoms. The minimum absolute atomic E-state index is 0. The average Bonchev–Trinajstić information content (AvgIpc) is 2.64. The number of amidine groups is 1. The van der Waals surface area contributed by atoms with E-state index >= 15 is 0 Å². The Balaban J connectivity index is 0.00000364. The summed E-state index contributed by atoms with van der Waals surface area (Å²) in [4.78, 5) is 22.5. The van der Waals surface area contributed by atoms with E-state index in [0.717, 1.165) is 12.0 Å². The highest BCUT2D eigenvalue weighted by Crippen LogP contribution is 2.12. The van der Waals surface area contributed by atoms with Gasteiger partial charge in [0, 0.05) is 11.1 Å². The fourth-order valence-electron chi connectivity index (χ4n) is 2.27. The standard InChI is InChI=1S/C19H21N3O4.ClH/c20-19(21)15-5-3-14(4-6-15)17(23)11-22-10-9-13-1-7-16(8-2-13)26-12-18(24)25;/h1-8,22H,9-12H2,(H3,20,21)(H,24,25);1H. The zero-order valence-corrected chi connectivity index (χ0v) is 15.4. The van der Waals surface area contributed by atoms with Crippen molar-refractivity contribution in [1.29, 1.82) is 5.41 Å². The predicted molar refractivity (Wildman–Crippen MR) is 105 cm³/mol. The Morgan fingerprint density at radius 2 is 1.63 bits per heavy atom. The summed E-state index contributed by atoms with van der Waals surface area (Å²) in [7, 11) is 0. The molecule has 0 amide bonds. The van der Waals surface area contributed by atoms with Gasteiger partial charge in [0.05, 0.1) is 6.54 Å². The zero-order valence-electron chi connectivity index (χ0n) is 14.6. The van der Waals surface area contributed by atoms with Crippen LogP contribution in [0.4, 0.5) is 0 Å².